The van der Waals surface area contributed by atoms with Gasteiger partial charge in [0.05, 0.1) is 4.91 Å². The van der Waals surface area contributed by atoms with Crippen LogP contribution in [0.3, 0.4) is 0 Å². The molecule has 0 bridgehead atoms. The smallest absolute Gasteiger partial charge is 0.169 e. The number of carbonyl (C=O) groups is 1. The minimum absolute atomic E-state index is 0.370. The van der Waals surface area contributed by atoms with Crippen LogP contribution < -0.4 is 5.32 Å². The first-order valence-electron chi connectivity index (χ1n) is 10.3. The van der Waals surface area contributed by atoms with Gasteiger partial charge in [0.25, 0.3) is 0 Å². The van der Waals surface area contributed by atoms with Gasteiger partial charge in [0.15, 0.2) is 5.78 Å². The highest BCUT2D eigenvalue weighted by Gasteiger charge is 2.32. The van der Waals surface area contributed by atoms with Gasteiger partial charge in [0.2, 0.25) is 0 Å². The molecule has 0 amide bonds. The maximum Gasteiger partial charge on any atom is 0.169 e. The Morgan fingerprint density at radius 2 is 1.82 bits per heavy atom. The van der Waals surface area contributed by atoms with E-state index in [2.05, 4.69) is 29.6 Å². The molecule has 1 N–H and O–H groups in total. The van der Waals surface area contributed by atoms with Crippen molar-refractivity contribution in [1.29, 1.82) is 0 Å². The number of allylic oxidation sites excluding steroid dienone is 7. The number of anilines is 1. The van der Waals surface area contributed by atoms with Crippen molar-refractivity contribution in [3.8, 4) is 0 Å². The van der Waals surface area contributed by atoms with E-state index < -0.39 is 0 Å². The van der Waals surface area contributed by atoms with E-state index in [9.17, 15) is 4.79 Å². The lowest BCUT2D eigenvalue weighted by Gasteiger charge is -2.10. The summed E-state index contributed by atoms with van der Waals surface area (Å²) >= 11 is 1.78. The number of rotatable bonds is 4. The molecule has 1 unspecified atom stereocenters. The molecule has 0 saturated heterocycles. The molecule has 152 valence electrons. The molecule has 3 rings (SSSR count). The summed E-state index contributed by atoms with van der Waals surface area (Å²) in [5, 5.41) is 3.46. The quantitative estimate of drug-likeness (QED) is 0.539. The number of hydrogen-bond acceptors (Lipinski definition) is 3. The zero-order chi connectivity index (χ0) is 20.8. The van der Waals surface area contributed by atoms with Crippen molar-refractivity contribution in [2.75, 3.05) is 12.4 Å². The Morgan fingerprint density at radius 3 is 2.36 bits per heavy atom. The summed E-state index contributed by atoms with van der Waals surface area (Å²) in [7, 11) is 1.91. The van der Waals surface area contributed by atoms with Crippen molar-refractivity contribution in [3.05, 3.63) is 76.8 Å². The van der Waals surface area contributed by atoms with Gasteiger partial charge in [-0.05, 0) is 50.8 Å². The van der Waals surface area contributed by atoms with Crippen molar-refractivity contribution in [2.24, 2.45) is 0 Å². The van der Waals surface area contributed by atoms with Crippen LogP contribution in [0.5, 0.6) is 0 Å². The van der Waals surface area contributed by atoms with Gasteiger partial charge in [0.1, 0.15) is 0 Å². The Hall–Kier alpha value is -2.00. The predicted molar refractivity (Wildman–Crippen MR) is 127 cm³/mol. The summed E-state index contributed by atoms with van der Waals surface area (Å²) in [6.45, 7) is 8.07. The van der Waals surface area contributed by atoms with E-state index in [1.54, 1.807) is 11.8 Å². The molecular formula is C25H35NOS. The molecular weight excluding hydrogens is 362 g/mol. The predicted octanol–water partition coefficient (Wildman–Crippen LogP) is 7.33. The standard InChI is InChI=1S/C16H20OS.C7H9N.C2H6/c1-3-5-8-12(7-4-2)15-11-13-9-6-10-14(17)16(13)18-15;1-8-7-5-3-2-4-6-7;1-2/h3-5,7-8,15H,6,9-11H2,1-2H3;2-6,8H,1H3;1-2H3/b5-3-,7-4-,12-8+;;. The van der Waals surface area contributed by atoms with Gasteiger partial charge in [-0.1, -0.05) is 68.0 Å². The lowest BCUT2D eigenvalue weighted by Crippen LogP contribution is -2.05. The molecule has 3 heteroatoms. The first kappa shape index (κ1) is 24.0. The van der Waals surface area contributed by atoms with Crippen LogP contribution in [0.2, 0.25) is 0 Å². The average molecular weight is 398 g/mol. The fourth-order valence-corrected chi connectivity index (χ4v) is 4.55. The lowest BCUT2D eigenvalue weighted by atomic mass is 9.93. The first-order valence-corrected chi connectivity index (χ1v) is 11.2. The third-order valence-electron chi connectivity index (χ3n) is 4.42. The molecule has 0 saturated carbocycles. The van der Waals surface area contributed by atoms with Crippen molar-refractivity contribution < 1.29 is 4.79 Å². The number of para-hydroxylation sites is 1. The van der Waals surface area contributed by atoms with Crippen molar-refractivity contribution in [1.82, 2.24) is 0 Å². The van der Waals surface area contributed by atoms with E-state index >= 15 is 0 Å². The summed E-state index contributed by atoms with van der Waals surface area (Å²) in [4.78, 5) is 13.0. The van der Waals surface area contributed by atoms with Crippen molar-refractivity contribution in [3.63, 3.8) is 0 Å². The maximum atomic E-state index is 11.9. The fourth-order valence-electron chi connectivity index (χ4n) is 3.10. The highest BCUT2D eigenvalue weighted by Crippen LogP contribution is 2.46. The monoisotopic (exact) mass is 397 g/mol. The number of ketones is 1. The number of Topliss-reactive ketones (excluding diaryl/α,β-unsaturated/α-hetero) is 1. The summed E-state index contributed by atoms with van der Waals surface area (Å²) in [6, 6.07) is 10.1. The fraction of sp³-hybridized carbons (Fsp3) is 0.400. The molecule has 0 spiro atoms. The van der Waals surface area contributed by atoms with E-state index in [0.717, 1.165) is 36.3 Å². The van der Waals surface area contributed by atoms with Gasteiger partial charge in [0, 0.05) is 24.4 Å². The Kier molecular flexibility index (Phi) is 12.1. The van der Waals surface area contributed by atoms with Gasteiger partial charge >= 0.3 is 0 Å². The molecule has 0 fully saturated rings. The number of hydrogen-bond donors (Lipinski definition) is 1. The average Bonchev–Trinajstić information content (AvgIpc) is 3.19. The van der Waals surface area contributed by atoms with E-state index in [1.165, 1.54) is 11.1 Å². The Balaban J connectivity index is 0.000000327. The molecule has 2 nitrogen and oxygen atoms in total. The van der Waals surface area contributed by atoms with Crippen LogP contribution in [-0.2, 0) is 4.79 Å². The van der Waals surface area contributed by atoms with Crippen LogP contribution >= 0.6 is 11.8 Å². The van der Waals surface area contributed by atoms with Gasteiger partial charge in [-0.15, -0.1) is 11.8 Å². The summed E-state index contributed by atoms with van der Waals surface area (Å²) in [5.74, 6) is 0.370. The van der Waals surface area contributed by atoms with Crippen molar-refractivity contribution in [2.45, 2.75) is 58.6 Å². The third kappa shape index (κ3) is 7.55. The van der Waals surface area contributed by atoms with Crippen LogP contribution in [0.15, 0.2) is 76.8 Å². The number of nitrogens with one attached hydrogen (secondary N) is 1. The van der Waals surface area contributed by atoms with Gasteiger partial charge < -0.3 is 5.32 Å². The second-order valence-electron chi connectivity index (χ2n) is 6.33. The number of thioether (sulfide) groups is 1. The Labute approximate surface area is 175 Å². The second-order valence-corrected chi connectivity index (χ2v) is 7.54. The molecule has 1 aliphatic heterocycles. The highest BCUT2D eigenvalue weighted by atomic mass is 32.2. The topological polar surface area (TPSA) is 29.1 Å². The molecule has 1 aromatic rings. The minimum atomic E-state index is 0.370. The van der Waals surface area contributed by atoms with Gasteiger partial charge in [-0.25, -0.2) is 0 Å². The maximum absolute atomic E-state index is 11.9. The molecule has 1 heterocycles. The van der Waals surface area contributed by atoms with E-state index in [4.69, 9.17) is 0 Å². The van der Waals surface area contributed by atoms with E-state index in [1.807, 2.05) is 71.2 Å². The molecule has 1 atom stereocenters. The highest BCUT2D eigenvalue weighted by molar-refractivity contribution is 8.05. The molecule has 1 aromatic carbocycles. The largest absolute Gasteiger partial charge is 0.388 e. The molecule has 2 aliphatic rings. The second kappa shape index (κ2) is 14.1. The van der Waals surface area contributed by atoms with Gasteiger partial charge in [-0.2, -0.15) is 0 Å². The Morgan fingerprint density at radius 1 is 1.11 bits per heavy atom. The minimum Gasteiger partial charge on any atom is -0.388 e. The van der Waals surface area contributed by atoms with Crippen molar-refractivity contribution >= 4 is 23.2 Å². The van der Waals surface area contributed by atoms with Gasteiger partial charge in [-0.3, -0.25) is 4.79 Å². The summed E-state index contributed by atoms with van der Waals surface area (Å²) in [6.07, 6.45) is 14.5. The number of carbonyl (C=O) groups excluding carboxylic acids is 1. The van der Waals surface area contributed by atoms with Crippen LogP contribution in [0, 0.1) is 0 Å². The normalized spacial score (nSPS) is 19.1. The van der Waals surface area contributed by atoms with Crippen LogP contribution in [0.1, 0.15) is 53.4 Å². The Bertz CT molecular complexity index is 713. The van der Waals surface area contributed by atoms with Crippen LogP contribution in [-0.4, -0.2) is 18.1 Å². The summed E-state index contributed by atoms with van der Waals surface area (Å²) in [5.41, 5.74) is 3.88. The zero-order valence-electron chi connectivity index (χ0n) is 18.0. The van der Waals surface area contributed by atoms with E-state index in [-0.39, 0.29) is 0 Å². The molecule has 1 aliphatic carbocycles. The van der Waals surface area contributed by atoms with Crippen LogP contribution in [0.4, 0.5) is 5.69 Å². The van der Waals surface area contributed by atoms with Crippen LogP contribution in [0.25, 0.3) is 0 Å². The molecule has 0 radical (unpaired) electrons. The summed E-state index contributed by atoms with van der Waals surface area (Å²) < 4.78 is 0. The first-order chi connectivity index (χ1) is 13.7. The van der Waals surface area contributed by atoms with E-state index in [0.29, 0.717) is 11.0 Å². The lowest BCUT2D eigenvalue weighted by molar-refractivity contribution is -0.115. The zero-order valence-corrected chi connectivity index (χ0v) is 18.8. The third-order valence-corrected chi connectivity index (χ3v) is 5.90. The molecule has 28 heavy (non-hydrogen) atoms. The number of benzene rings is 1. The molecule has 0 aromatic heterocycles. The SMILES string of the molecule is CC.CNc1ccccc1.C\C=C/C=C(\C=C/C)C1CC2=C(S1)C(=O)CCC2.